The van der Waals surface area contributed by atoms with E-state index in [1.54, 1.807) is 6.08 Å². The second kappa shape index (κ2) is 8.22. The maximum Gasteiger partial charge on any atom is 0.170 e. The highest BCUT2D eigenvalue weighted by molar-refractivity contribution is 6.27. The Hall–Kier alpha value is -3.19. The molecular formula is C27H26O. The Bertz CT molecular complexity index is 1080. The van der Waals surface area contributed by atoms with Gasteiger partial charge in [-0.1, -0.05) is 79.4 Å². The third kappa shape index (κ3) is 3.75. The number of Topliss-reactive ketones (excluding diaryl/α,β-unsaturated/α-hetero) is 1. The monoisotopic (exact) mass is 366 g/mol. The van der Waals surface area contributed by atoms with E-state index >= 15 is 0 Å². The summed E-state index contributed by atoms with van der Waals surface area (Å²) >= 11 is 0. The minimum absolute atomic E-state index is 0.0452. The van der Waals surface area contributed by atoms with Crippen molar-refractivity contribution in [1.29, 1.82) is 0 Å². The number of fused-ring (bicyclic) bond motifs is 2. The fourth-order valence-corrected chi connectivity index (χ4v) is 3.77. The molecule has 0 saturated heterocycles. The van der Waals surface area contributed by atoms with Crippen LogP contribution in [0.2, 0.25) is 0 Å². The molecule has 28 heavy (non-hydrogen) atoms. The number of carbonyl (C=O) groups is 1. The molecule has 0 amide bonds. The minimum Gasteiger partial charge on any atom is -0.293 e. The Labute approximate surface area is 167 Å². The number of carbonyl (C=O) groups excluding carboxylic acids is 1. The van der Waals surface area contributed by atoms with Gasteiger partial charge in [-0.05, 0) is 59.4 Å². The predicted molar refractivity (Wildman–Crippen MR) is 121 cm³/mol. The maximum atomic E-state index is 11.8. The fraction of sp³-hybridized carbons (Fsp3) is 0.148. The number of rotatable bonds is 3. The number of ketones is 1. The van der Waals surface area contributed by atoms with Crippen LogP contribution in [0.3, 0.4) is 0 Å². The highest BCUT2D eigenvalue weighted by Gasteiger charge is 2.32. The van der Waals surface area contributed by atoms with Crippen LogP contribution in [0.15, 0.2) is 86.5 Å². The van der Waals surface area contributed by atoms with Gasteiger partial charge in [0.1, 0.15) is 0 Å². The van der Waals surface area contributed by atoms with Gasteiger partial charge in [0.15, 0.2) is 5.78 Å². The lowest BCUT2D eigenvalue weighted by Crippen LogP contribution is -2.03. The predicted octanol–water partition coefficient (Wildman–Crippen LogP) is 7.12. The molecule has 0 radical (unpaired) electrons. The molecule has 140 valence electrons. The molecule has 1 aliphatic carbocycles. The summed E-state index contributed by atoms with van der Waals surface area (Å²) in [6.07, 6.45) is 2.49. The first-order valence-electron chi connectivity index (χ1n) is 9.52. The molecule has 1 unspecified atom stereocenters. The van der Waals surface area contributed by atoms with E-state index in [1.165, 1.54) is 21.9 Å². The van der Waals surface area contributed by atoms with Crippen molar-refractivity contribution in [3.63, 3.8) is 0 Å². The Balaban J connectivity index is 0.000000161. The van der Waals surface area contributed by atoms with E-state index in [4.69, 9.17) is 0 Å². The Morgan fingerprint density at radius 1 is 1.04 bits per heavy atom. The Kier molecular flexibility index (Phi) is 5.75. The number of aryl methyl sites for hydroxylation is 1. The molecule has 1 heteroatoms. The van der Waals surface area contributed by atoms with Crippen molar-refractivity contribution in [2.24, 2.45) is 0 Å². The van der Waals surface area contributed by atoms with E-state index in [1.807, 2.05) is 24.3 Å². The normalized spacial score (nSPS) is 15.0. The highest BCUT2D eigenvalue weighted by atomic mass is 16.1. The summed E-state index contributed by atoms with van der Waals surface area (Å²) in [6, 6.07) is 20.7. The molecule has 3 aromatic carbocycles. The Morgan fingerprint density at radius 3 is 2.29 bits per heavy atom. The van der Waals surface area contributed by atoms with Gasteiger partial charge in [-0.2, -0.15) is 0 Å². The molecule has 0 N–H and O–H groups in total. The van der Waals surface area contributed by atoms with Crippen molar-refractivity contribution < 1.29 is 4.79 Å². The molecular weight excluding hydrogens is 340 g/mol. The van der Waals surface area contributed by atoms with Gasteiger partial charge in [0.25, 0.3) is 0 Å². The maximum absolute atomic E-state index is 11.8. The lowest BCUT2D eigenvalue weighted by Gasteiger charge is -2.07. The van der Waals surface area contributed by atoms with Gasteiger partial charge >= 0.3 is 0 Å². The summed E-state index contributed by atoms with van der Waals surface area (Å²) in [7, 11) is 0. The zero-order valence-corrected chi connectivity index (χ0v) is 16.7. The average molecular weight is 367 g/mol. The second-order valence-corrected chi connectivity index (χ2v) is 7.30. The quantitative estimate of drug-likeness (QED) is 0.356. The molecule has 0 saturated carbocycles. The molecule has 3 aromatic rings. The largest absolute Gasteiger partial charge is 0.293 e. The number of hydrogen-bond acceptors (Lipinski definition) is 1. The molecule has 0 bridgehead atoms. The topological polar surface area (TPSA) is 17.1 Å². The van der Waals surface area contributed by atoms with Gasteiger partial charge in [-0.3, -0.25) is 4.79 Å². The van der Waals surface area contributed by atoms with Crippen molar-refractivity contribution in [1.82, 2.24) is 0 Å². The van der Waals surface area contributed by atoms with Crippen molar-refractivity contribution in [2.45, 2.75) is 26.2 Å². The summed E-state index contributed by atoms with van der Waals surface area (Å²) in [5.41, 5.74) is 6.45. The molecule has 1 nitrogen and oxygen atoms in total. The van der Waals surface area contributed by atoms with Crippen LogP contribution in [0.5, 0.6) is 0 Å². The van der Waals surface area contributed by atoms with E-state index in [0.29, 0.717) is 12.0 Å². The first-order chi connectivity index (χ1) is 13.4. The van der Waals surface area contributed by atoms with Gasteiger partial charge in [-0.25, -0.2) is 0 Å². The number of hydrogen-bond donors (Lipinski definition) is 0. The van der Waals surface area contributed by atoms with Crippen LogP contribution in [0, 0.1) is 6.92 Å². The van der Waals surface area contributed by atoms with E-state index in [9.17, 15) is 4.79 Å². The van der Waals surface area contributed by atoms with Crippen molar-refractivity contribution in [3.8, 4) is 0 Å². The van der Waals surface area contributed by atoms with Crippen LogP contribution in [-0.4, -0.2) is 5.78 Å². The summed E-state index contributed by atoms with van der Waals surface area (Å²) in [6.45, 7) is 15.7. The van der Waals surface area contributed by atoms with E-state index in [-0.39, 0.29) is 11.7 Å². The van der Waals surface area contributed by atoms with E-state index in [2.05, 4.69) is 70.0 Å². The SMILES string of the molecule is C=C(C)c1cc2ccccc2cc1C.C=CCC1C(=O)C(=C)c2ccccc21. The molecule has 0 aliphatic heterocycles. The standard InChI is InChI=1S/C14H14.C13H12O/c1-10(2)14-9-13-7-5-4-6-12(13)8-11(14)3;1-3-6-12-11-8-5-4-7-10(11)9(2)13(12)14/h4-9H,1H2,2-3H3;3-5,7-8,12H,1-2,6H2. The first kappa shape index (κ1) is 19.6. The lowest BCUT2D eigenvalue weighted by atomic mass is 9.97. The third-order valence-electron chi connectivity index (χ3n) is 5.23. The molecule has 0 heterocycles. The minimum atomic E-state index is -0.0452. The zero-order valence-electron chi connectivity index (χ0n) is 16.7. The van der Waals surface area contributed by atoms with Crippen LogP contribution < -0.4 is 0 Å². The summed E-state index contributed by atoms with van der Waals surface area (Å²) in [5.74, 6) is 0.0994. The van der Waals surface area contributed by atoms with Crippen LogP contribution in [0.4, 0.5) is 0 Å². The summed E-state index contributed by atoms with van der Waals surface area (Å²) in [4.78, 5) is 11.8. The summed E-state index contributed by atoms with van der Waals surface area (Å²) < 4.78 is 0. The van der Waals surface area contributed by atoms with Gasteiger partial charge in [0.05, 0.1) is 5.92 Å². The summed E-state index contributed by atoms with van der Waals surface area (Å²) in [5, 5.41) is 2.59. The molecule has 4 rings (SSSR count). The third-order valence-corrected chi connectivity index (χ3v) is 5.23. The van der Waals surface area contributed by atoms with Crippen molar-refractivity contribution in [3.05, 3.63) is 109 Å². The highest BCUT2D eigenvalue weighted by Crippen LogP contribution is 2.38. The molecule has 0 aromatic heterocycles. The number of benzene rings is 3. The van der Waals surface area contributed by atoms with Crippen molar-refractivity contribution in [2.75, 3.05) is 0 Å². The average Bonchev–Trinajstić information content (AvgIpc) is 2.93. The first-order valence-corrected chi connectivity index (χ1v) is 9.52. The van der Waals surface area contributed by atoms with Gasteiger partial charge in [0, 0.05) is 5.57 Å². The van der Waals surface area contributed by atoms with Gasteiger partial charge in [-0.15, -0.1) is 6.58 Å². The van der Waals surface area contributed by atoms with Crippen LogP contribution >= 0.6 is 0 Å². The molecule has 0 fully saturated rings. The zero-order chi connectivity index (χ0) is 20.3. The molecule has 1 atom stereocenters. The van der Waals surface area contributed by atoms with Crippen LogP contribution in [0.1, 0.15) is 41.5 Å². The van der Waals surface area contributed by atoms with Crippen LogP contribution in [-0.2, 0) is 4.79 Å². The second-order valence-electron chi connectivity index (χ2n) is 7.30. The van der Waals surface area contributed by atoms with Gasteiger partial charge < -0.3 is 0 Å². The van der Waals surface area contributed by atoms with Crippen molar-refractivity contribution >= 4 is 27.7 Å². The lowest BCUT2D eigenvalue weighted by molar-refractivity contribution is -0.114. The van der Waals surface area contributed by atoms with Gasteiger partial charge in [0.2, 0.25) is 0 Å². The van der Waals surface area contributed by atoms with E-state index < -0.39 is 0 Å². The van der Waals surface area contributed by atoms with Crippen LogP contribution in [0.25, 0.3) is 21.9 Å². The van der Waals surface area contributed by atoms with E-state index in [0.717, 1.165) is 16.7 Å². The Morgan fingerprint density at radius 2 is 1.64 bits per heavy atom. The number of allylic oxidation sites excluding steroid dienone is 3. The molecule has 1 aliphatic rings. The molecule has 0 spiro atoms. The fourth-order valence-electron chi connectivity index (χ4n) is 3.77. The smallest absolute Gasteiger partial charge is 0.170 e.